The normalized spacial score (nSPS) is 9.25. The molecule has 8 heteroatoms. The summed E-state index contributed by atoms with van der Waals surface area (Å²) in [6, 6.07) is 5.14. The molecular weight excluding hydrogens is 250 g/mol. The lowest BCUT2D eigenvalue weighted by molar-refractivity contribution is -0.384. The van der Waals surface area contributed by atoms with Crippen LogP contribution in [0.4, 0.5) is 5.69 Å². The Hall–Kier alpha value is -1.80. The van der Waals surface area contributed by atoms with Gasteiger partial charge in [0.1, 0.15) is 0 Å². The number of nitrogens with one attached hydrogen (secondary N) is 2. The molecule has 0 bridgehead atoms. The summed E-state index contributed by atoms with van der Waals surface area (Å²) in [6.45, 7) is 0. The van der Waals surface area contributed by atoms with Crippen molar-refractivity contribution in [2.45, 2.75) is 0 Å². The summed E-state index contributed by atoms with van der Waals surface area (Å²) in [6.07, 6.45) is 0. The molecule has 1 rings (SSSR count). The highest BCUT2D eigenvalue weighted by Crippen LogP contribution is 2.11. The fourth-order valence-corrected chi connectivity index (χ4v) is 1.02. The van der Waals surface area contributed by atoms with E-state index in [-0.39, 0.29) is 15.6 Å². The molecule has 1 aromatic rings. The van der Waals surface area contributed by atoms with E-state index in [2.05, 4.69) is 35.7 Å². The van der Waals surface area contributed by atoms with E-state index in [0.717, 1.165) is 0 Å². The molecule has 0 heterocycles. The average Bonchev–Trinajstić information content (AvgIpc) is 2.26. The second-order valence-electron chi connectivity index (χ2n) is 2.67. The molecule has 16 heavy (non-hydrogen) atoms. The van der Waals surface area contributed by atoms with Gasteiger partial charge in [-0.3, -0.25) is 20.3 Å². The SMILES string of the molecule is O=C(NNC(=S)[S-])c1ccc([N+](=O)[O-])cc1. The average molecular weight is 256 g/mol. The third kappa shape index (κ3) is 3.41. The number of hydrogen-bond donors (Lipinski definition) is 2. The molecule has 84 valence electrons. The zero-order valence-corrected chi connectivity index (χ0v) is 9.43. The van der Waals surface area contributed by atoms with Gasteiger partial charge in [-0.2, -0.15) is 0 Å². The quantitative estimate of drug-likeness (QED) is 0.350. The summed E-state index contributed by atoms with van der Waals surface area (Å²) in [5, 5.41) is 10.4. The minimum absolute atomic E-state index is 0.00950. The van der Waals surface area contributed by atoms with E-state index >= 15 is 0 Å². The molecule has 0 saturated carbocycles. The largest absolute Gasteiger partial charge is 0.410 e. The number of nitrogens with zero attached hydrogens (tertiary/aromatic N) is 1. The fraction of sp³-hybridized carbons (Fsp3) is 0. The lowest BCUT2D eigenvalue weighted by Gasteiger charge is -2.10. The summed E-state index contributed by atoms with van der Waals surface area (Å²) in [4.78, 5) is 21.2. The second-order valence-corrected chi connectivity index (χ2v) is 3.75. The van der Waals surface area contributed by atoms with E-state index < -0.39 is 10.8 Å². The molecule has 0 unspecified atom stereocenters. The lowest BCUT2D eigenvalue weighted by atomic mass is 10.2. The maximum atomic E-state index is 11.4. The molecule has 1 amide bonds. The maximum Gasteiger partial charge on any atom is 0.269 e. The Morgan fingerprint density at radius 1 is 1.31 bits per heavy atom. The van der Waals surface area contributed by atoms with Gasteiger partial charge in [0.05, 0.1) is 4.92 Å². The molecule has 6 nitrogen and oxygen atoms in total. The smallest absolute Gasteiger partial charge is 0.269 e. The van der Waals surface area contributed by atoms with E-state index in [0.29, 0.717) is 0 Å². The van der Waals surface area contributed by atoms with Crippen LogP contribution in [0.15, 0.2) is 24.3 Å². The lowest BCUT2D eigenvalue weighted by Crippen LogP contribution is -2.39. The molecule has 0 aromatic heterocycles. The van der Waals surface area contributed by atoms with Crippen molar-refractivity contribution in [1.29, 1.82) is 0 Å². The molecule has 0 aliphatic carbocycles. The summed E-state index contributed by atoms with van der Waals surface area (Å²) in [7, 11) is 0. The van der Waals surface area contributed by atoms with Crippen molar-refractivity contribution >= 4 is 40.8 Å². The molecule has 0 atom stereocenters. The number of benzene rings is 1. The van der Waals surface area contributed by atoms with Gasteiger partial charge < -0.3 is 30.3 Å². The highest BCUT2D eigenvalue weighted by Gasteiger charge is 2.08. The van der Waals surface area contributed by atoms with Crippen molar-refractivity contribution in [1.82, 2.24) is 10.9 Å². The first kappa shape index (κ1) is 12.3. The van der Waals surface area contributed by atoms with Gasteiger partial charge >= 0.3 is 0 Å². The van der Waals surface area contributed by atoms with Crippen molar-refractivity contribution < 1.29 is 9.72 Å². The van der Waals surface area contributed by atoms with Crippen molar-refractivity contribution in [2.24, 2.45) is 0 Å². The van der Waals surface area contributed by atoms with Gasteiger partial charge in [0.15, 0.2) is 0 Å². The minimum Gasteiger partial charge on any atom is -0.410 e. The highest BCUT2D eigenvalue weighted by molar-refractivity contribution is 8.00. The van der Waals surface area contributed by atoms with Crippen molar-refractivity contribution in [2.75, 3.05) is 0 Å². The summed E-state index contributed by atoms with van der Waals surface area (Å²) < 4.78 is 0.00950. The Bertz CT molecular complexity index is 433. The molecular formula is C8H6N3O3S2-. The maximum absolute atomic E-state index is 11.4. The van der Waals surface area contributed by atoms with Crippen molar-refractivity contribution in [3.63, 3.8) is 0 Å². The van der Waals surface area contributed by atoms with Gasteiger partial charge in [-0.1, -0.05) is 0 Å². The van der Waals surface area contributed by atoms with Crippen LogP contribution in [-0.4, -0.2) is 15.2 Å². The minimum atomic E-state index is -0.543. The van der Waals surface area contributed by atoms with Crippen LogP contribution in [0, 0.1) is 10.1 Å². The predicted octanol–water partition coefficient (Wildman–Crippen LogP) is 0.661. The standard InChI is InChI=1S/C8H7N3O3S2/c12-7(9-10-8(15)16)5-1-3-6(4-2-5)11(13)14/h1-4H,(H,9,12)(H2,10,15,16)/p-1. The van der Waals surface area contributed by atoms with E-state index in [9.17, 15) is 14.9 Å². The number of carbonyl (C=O) groups is 1. The number of hydrazine groups is 1. The monoisotopic (exact) mass is 256 g/mol. The molecule has 0 spiro atoms. The highest BCUT2D eigenvalue weighted by atomic mass is 32.1. The third-order valence-corrected chi connectivity index (χ3v) is 1.82. The van der Waals surface area contributed by atoms with Gasteiger partial charge in [-0.25, -0.2) is 0 Å². The van der Waals surface area contributed by atoms with Gasteiger partial charge in [0, 0.05) is 17.7 Å². The Kier molecular flexibility index (Phi) is 4.09. The number of rotatable bonds is 2. The zero-order valence-electron chi connectivity index (χ0n) is 7.80. The molecule has 0 saturated heterocycles. The fourth-order valence-electron chi connectivity index (χ4n) is 0.914. The number of thiocarbonyl (C=S) groups is 1. The Morgan fingerprint density at radius 3 is 2.31 bits per heavy atom. The summed E-state index contributed by atoms with van der Waals surface area (Å²) in [5.74, 6) is -0.470. The van der Waals surface area contributed by atoms with Gasteiger partial charge in [-0.05, 0) is 16.5 Å². The van der Waals surface area contributed by atoms with E-state index in [1.54, 1.807) is 0 Å². The molecule has 0 aliphatic heterocycles. The molecule has 2 N–H and O–H groups in total. The van der Waals surface area contributed by atoms with E-state index in [1.807, 2.05) is 0 Å². The van der Waals surface area contributed by atoms with Crippen LogP contribution in [0.5, 0.6) is 0 Å². The molecule has 1 aromatic carbocycles. The molecule has 0 radical (unpaired) electrons. The van der Waals surface area contributed by atoms with Crippen LogP contribution in [0.3, 0.4) is 0 Å². The third-order valence-electron chi connectivity index (χ3n) is 1.62. The second kappa shape index (κ2) is 5.33. The van der Waals surface area contributed by atoms with Crippen LogP contribution in [0.25, 0.3) is 0 Å². The van der Waals surface area contributed by atoms with Gasteiger partial charge in [0.25, 0.3) is 11.6 Å². The first-order chi connectivity index (χ1) is 7.50. The number of hydrogen-bond acceptors (Lipinski definition) is 5. The van der Waals surface area contributed by atoms with E-state index in [1.165, 1.54) is 24.3 Å². The van der Waals surface area contributed by atoms with Gasteiger partial charge in [-0.15, -0.1) is 0 Å². The summed E-state index contributed by atoms with van der Waals surface area (Å²) in [5.41, 5.74) is 4.72. The predicted molar refractivity (Wildman–Crippen MR) is 63.7 cm³/mol. The van der Waals surface area contributed by atoms with Crippen LogP contribution in [0.1, 0.15) is 10.4 Å². The zero-order chi connectivity index (χ0) is 12.1. The van der Waals surface area contributed by atoms with Crippen LogP contribution in [0.2, 0.25) is 0 Å². The Morgan fingerprint density at radius 2 is 1.88 bits per heavy atom. The Labute approximate surface area is 102 Å². The number of non-ortho nitro benzene ring substituents is 1. The number of nitro benzene ring substituents is 1. The van der Waals surface area contributed by atoms with Crippen LogP contribution >= 0.6 is 12.2 Å². The number of nitro groups is 1. The van der Waals surface area contributed by atoms with Crippen LogP contribution in [-0.2, 0) is 12.6 Å². The topological polar surface area (TPSA) is 84.3 Å². The molecule has 0 aliphatic rings. The summed E-state index contributed by atoms with van der Waals surface area (Å²) >= 11 is 9.04. The van der Waals surface area contributed by atoms with Gasteiger partial charge in [0.2, 0.25) is 0 Å². The van der Waals surface area contributed by atoms with Crippen LogP contribution < -0.4 is 10.9 Å². The number of carbonyl (C=O) groups excluding carboxylic acids is 1. The van der Waals surface area contributed by atoms with Crippen molar-refractivity contribution in [3.8, 4) is 0 Å². The first-order valence-corrected chi connectivity index (χ1v) is 4.84. The first-order valence-electron chi connectivity index (χ1n) is 4.02. The van der Waals surface area contributed by atoms with Crippen molar-refractivity contribution in [3.05, 3.63) is 39.9 Å². The molecule has 0 fully saturated rings. The number of amides is 1. The van der Waals surface area contributed by atoms with E-state index in [4.69, 9.17) is 0 Å². The Balaban J connectivity index is 2.70.